The second-order valence-electron chi connectivity index (χ2n) is 10.4. The molecule has 0 radical (unpaired) electrons. The number of hydrogen-bond donors (Lipinski definition) is 2. The van der Waals surface area contributed by atoms with Crippen LogP contribution < -0.4 is 15.5 Å². The van der Waals surface area contributed by atoms with Crippen LogP contribution >= 0.6 is 0 Å². The summed E-state index contributed by atoms with van der Waals surface area (Å²) in [5.74, 6) is -0.474. The van der Waals surface area contributed by atoms with E-state index in [1.807, 2.05) is 0 Å². The van der Waals surface area contributed by atoms with Gasteiger partial charge in [-0.25, -0.2) is 8.42 Å². The Labute approximate surface area is 208 Å². The molecular weight excluding hydrogens is 466 g/mol. The van der Waals surface area contributed by atoms with E-state index >= 15 is 0 Å². The molecule has 2 amide bonds. The molecule has 8 nitrogen and oxygen atoms in total. The summed E-state index contributed by atoms with van der Waals surface area (Å²) in [6.45, 7) is 0.476. The lowest BCUT2D eigenvalue weighted by Crippen LogP contribution is -2.64. The molecule has 1 unspecified atom stereocenters. The minimum atomic E-state index is -3.44. The van der Waals surface area contributed by atoms with Gasteiger partial charge in [0.2, 0.25) is 11.8 Å². The second kappa shape index (κ2) is 10.7. The average Bonchev–Trinajstić information content (AvgIpc) is 2.85. The minimum absolute atomic E-state index is 0.0267. The molecule has 0 bridgehead atoms. The zero-order valence-electron chi connectivity index (χ0n) is 20.6. The number of piperidine rings is 1. The van der Waals surface area contributed by atoms with E-state index in [-0.39, 0.29) is 35.0 Å². The van der Waals surface area contributed by atoms with Crippen molar-refractivity contribution in [2.45, 2.75) is 87.1 Å². The lowest BCUT2D eigenvalue weighted by molar-refractivity contribution is -0.139. The first-order chi connectivity index (χ1) is 16.7. The zero-order valence-corrected chi connectivity index (χ0v) is 21.4. The van der Waals surface area contributed by atoms with Gasteiger partial charge in [0.05, 0.1) is 23.2 Å². The molecule has 4 rings (SSSR count). The molecule has 2 N–H and O–H groups in total. The number of benzene rings is 1. The number of sulfone groups is 1. The number of hydrogen-bond acceptors (Lipinski definition) is 6. The topological polar surface area (TPSA) is 113 Å². The molecular formula is C26H37N3O5S. The predicted molar refractivity (Wildman–Crippen MR) is 134 cm³/mol. The van der Waals surface area contributed by atoms with Crippen LogP contribution in [-0.2, 0) is 24.2 Å². The monoisotopic (exact) mass is 503 g/mol. The minimum Gasteiger partial charge on any atom is -0.363 e. The Hall–Kier alpha value is -2.42. The predicted octanol–water partition coefficient (Wildman–Crippen LogP) is 2.75. The Bertz CT molecular complexity index is 1060. The molecule has 2 saturated carbocycles. The Morgan fingerprint density at radius 1 is 0.971 bits per heavy atom. The van der Waals surface area contributed by atoms with E-state index in [0.29, 0.717) is 31.5 Å². The fourth-order valence-electron chi connectivity index (χ4n) is 5.78. The van der Waals surface area contributed by atoms with Crippen molar-refractivity contribution in [3.8, 4) is 0 Å². The molecule has 9 heteroatoms. The highest BCUT2D eigenvalue weighted by Crippen LogP contribution is 2.32. The van der Waals surface area contributed by atoms with E-state index in [2.05, 4.69) is 10.6 Å². The Kier molecular flexibility index (Phi) is 7.83. The molecule has 0 aromatic heterocycles. The molecule has 1 saturated heterocycles. The molecule has 0 spiro atoms. The molecule has 3 fully saturated rings. The summed E-state index contributed by atoms with van der Waals surface area (Å²) in [7, 11) is -3.44. The number of amides is 2. The Morgan fingerprint density at radius 2 is 1.63 bits per heavy atom. The molecule has 2 aliphatic carbocycles. The van der Waals surface area contributed by atoms with Gasteiger partial charge in [0.1, 0.15) is 5.54 Å². The summed E-state index contributed by atoms with van der Waals surface area (Å²) < 4.78 is 24.4. The summed E-state index contributed by atoms with van der Waals surface area (Å²) in [5, 5.41) is 6.08. The maximum Gasteiger partial charge on any atom is 0.246 e. The van der Waals surface area contributed by atoms with Crippen molar-refractivity contribution in [1.29, 1.82) is 0 Å². The van der Waals surface area contributed by atoms with Gasteiger partial charge in [0, 0.05) is 18.7 Å². The highest BCUT2D eigenvalue weighted by atomic mass is 32.2. The molecule has 1 aliphatic heterocycles. The summed E-state index contributed by atoms with van der Waals surface area (Å²) in [6, 6.07) is 6.03. The van der Waals surface area contributed by atoms with Crippen molar-refractivity contribution in [2.24, 2.45) is 5.92 Å². The van der Waals surface area contributed by atoms with Gasteiger partial charge in [-0.3, -0.25) is 14.4 Å². The normalized spacial score (nSPS) is 23.5. The highest BCUT2D eigenvalue weighted by Gasteiger charge is 2.44. The summed E-state index contributed by atoms with van der Waals surface area (Å²) >= 11 is 0. The third kappa shape index (κ3) is 5.88. The first-order valence-electron chi connectivity index (χ1n) is 12.9. The highest BCUT2D eigenvalue weighted by molar-refractivity contribution is 7.90. The maximum absolute atomic E-state index is 13.5. The van der Waals surface area contributed by atoms with Crippen molar-refractivity contribution in [2.75, 3.05) is 24.2 Å². The van der Waals surface area contributed by atoms with Gasteiger partial charge in [-0.15, -0.1) is 0 Å². The number of rotatable bonds is 6. The number of ketones is 1. The lowest BCUT2D eigenvalue weighted by Gasteiger charge is -2.40. The van der Waals surface area contributed by atoms with Gasteiger partial charge >= 0.3 is 0 Å². The molecule has 3 aliphatic rings. The number of nitrogens with zero attached hydrogens (tertiary/aromatic N) is 1. The molecule has 1 aromatic carbocycles. The number of carbonyl (C=O) groups is 3. The zero-order chi connectivity index (χ0) is 25.1. The Morgan fingerprint density at radius 3 is 2.29 bits per heavy atom. The molecule has 1 atom stereocenters. The number of Topliss-reactive ketones (excluding diaryl/α,β-unsaturated/α-hetero) is 1. The van der Waals surface area contributed by atoms with Crippen LogP contribution in [0.2, 0.25) is 0 Å². The van der Waals surface area contributed by atoms with Crippen LogP contribution in [0, 0.1) is 5.92 Å². The van der Waals surface area contributed by atoms with Gasteiger partial charge in [0.25, 0.3) is 0 Å². The number of carbonyl (C=O) groups excluding carboxylic acids is 3. The van der Waals surface area contributed by atoms with E-state index in [9.17, 15) is 22.8 Å². The van der Waals surface area contributed by atoms with Crippen LogP contribution in [0.1, 0.15) is 70.6 Å². The largest absolute Gasteiger partial charge is 0.363 e. The van der Waals surface area contributed by atoms with Gasteiger partial charge in [-0.2, -0.15) is 0 Å². The van der Waals surface area contributed by atoms with E-state index < -0.39 is 21.4 Å². The fraction of sp³-hybridized carbons (Fsp3) is 0.654. The molecule has 1 aromatic rings. The van der Waals surface area contributed by atoms with E-state index in [1.165, 1.54) is 0 Å². The van der Waals surface area contributed by atoms with Crippen molar-refractivity contribution in [3.63, 3.8) is 0 Å². The van der Waals surface area contributed by atoms with Crippen molar-refractivity contribution in [3.05, 3.63) is 24.3 Å². The first kappa shape index (κ1) is 25.7. The first-order valence-corrected chi connectivity index (χ1v) is 14.8. The second-order valence-corrected chi connectivity index (χ2v) is 12.4. The van der Waals surface area contributed by atoms with E-state index in [0.717, 1.165) is 57.6 Å². The van der Waals surface area contributed by atoms with Crippen molar-refractivity contribution < 1.29 is 22.8 Å². The maximum atomic E-state index is 13.5. The van der Waals surface area contributed by atoms with Crippen LogP contribution in [0.25, 0.3) is 0 Å². The third-order valence-corrected chi connectivity index (χ3v) is 8.96. The van der Waals surface area contributed by atoms with Crippen LogP contribution in [0.5, 0.6) is 0 Å². The van der Waals surface area contributed by atoms with Crippen LogP contribution in [-0.4, -0.2) is 56.9 Å². The van der Waals surface area contributed by atoms with Gasteiger partial charge in [-0.1, -0.05) is 50.7 Å². The molecule has 192 valence electrons. The van der Waals surface area contributed by atoms with E-state index in [1.54, 1.807) is 29.2 Å². The standard InChI is InChI=1S/C26H37N3O5S/c1-35(33,34)23-13-7-6-12-21(23)29-17-14-20(22(30)18-29)27-25(32)26(15-8-3-9-16-26)28-24(31)19-10-4-2-5-11-19/h6-7,12-13,19-20H,2-5,8-11,14-18H2,1H3,(H,27,32)(H,28,31). The molecule has 35 heavy (non-hydrogen) atoms. The third-order valence-electron chi connectivity index (χ3n) is 7.81. The van der Waals surface area contributed by atoms with E-state index in [4.69, 9.17) is 0 Å². The van der Waals surface area contributed by atoms with Crippen molar-refractivity contribution >= 4 is 33.1 Å². The quantitative estimate of drug-likeness (QED) is 0.617. The van der Waals surface area contributed by atoms with Gasteiger partial charge in [0.15, 0.2) is 15.6 Å². The number of anilines is 1. The summed E-state index contributed by atoms with van der Waals surface area (Å²) in [5.41, 5.74) is -0.441. The Balaban J connectivity index is 1.43. The summed E-state index contributed by atoms with van der Waals surface area (Å²) in [4.78, 5) is 41.6. The fourth-order valence-corrected chi connectivity index (χ4v) is 6.68. The van der Waals surface area contributed by atoms with Crippen molar-refractivity contribution in [1.82, 2.24) is 10.6 Å². The van der Waals surface area contributed by atoms with Crippen LogP contribution in [0.3, 0.4) is 0 Å². The smallest absolute Gasteiger partial charge is 0.246 e. The number of para-hydroxylation sites is 1. The lowest BCUT2D eigenvalue weighted by atomic mass is 9.79. The number of nitrogens with one attached hydrogen (secondary N) is 2. The average molecular weight is 504 g/mol. The van der Waals surface area contributed by atoms with Gasteiger partial charge in [-0.05, 0) is 44.2 Å². The SMILES string of the molecule is CS(=O)(=O)c1ccccc1N1CCC(NC(=O)C2(NC(=O)C3CCCCC3)CCCCC2)C(=O)C1. The van der Waals surface area contributed by atoms with Crippen LogP contribution in [0.4, 0.5) is 5.69 Å². The van der Waals surface area contributed by atoms with Crippen LogP contribution in [0.15, 0.2) is 29.2 Å². The summed E-state index contributed by atoms with van der Waals surface area (Å²) in [6.07, 6.45) is 10.5. The van der Waals surface area contributed by atoms with Gasteiger partial charge < -0.3 is 15.5 Å². The molecule has 1 heterocycles.